The van der Waals surface area contributed by atoms with Gasteiger partial charge in [0.15, 0.2) is 12.3 Å². The Kier molecular flexibility index (Phi) is 6.64. The number of benzene rings is 1. The average molecular weight is 402 g/mol. The second kappa shape index (κ2) is 8.52. The van der Waals surface area contributed by atoms with E-state index in [0.29, 0.717) is 0 Å². The van der Waals surface area contributed by atoms with Crippen molar-refractivity contribution in [2.75, 3.05) is 13.7 Å². The lowest BCUT2D eigenvalue weighted by molar-refractivity contribution is -0.135. The highest BCUT2D eigenvalue weighted by molar-refractivity contribution is 6.48. The highest BCUT2D eigenvalue weighted by Crippen LogP contribution is 2.31. The maximum atomic E-state index is 12.2. The van der Waals surface area contributed by atoms with Gasteiger partial charge in [-0.2, -0.15) is 0 Å². The molecule has 1 amide bonds. The zero-order valence-electron chi connectivity index (χ0n) is 13.5. The van der Waals surface area contributed by atoms with Gasteiger partial charge in [0.2, 0.25) is 0 Å². The number of rotatable bonds is 5. The van der Waals surface area contributed by atoms with Gasteiger partial charge in [-0.3, -0.25) is 4.79 Å². The van der Waals surface area contributed by atoms with Crippen molar-refractivity contribution in [2.45, 2.75) is 13.0 Å². The summed E-state index contributed by atoms with van der Waals surface area (Å²) >= 11 is 17.6. The molecule has 0 aliphatic rings. The van der Waals surface area contributed by atoms with Crippen LogP contribution in [0.15, 0.2) is 36.5 Å². The van der Waals surface area contributed by atoms with Crippen molar-refractivity contribution in [3.8, 4) is 0 Å². The van der Waals surface area contributed by atoms with E-state index in [4.69, 9.17) is 39.5 Å². The Balaban J connectivity index is 2.00. The van der Waals surface area contributed by atoms with E-state index < -0.39 is 12.6 Å². The maximum Gasteiger partial charge on any atom is 0.359 e. The summed E-state index contributed by atoms with van der Waals surface area (Å²) < 4.78 is 4.99. The molecule has 1 heterocycles. The van der Waals surface area contributed by atoms with Crippen LogP contribution < -0.4 is 0 Å². The van der Waals surface area contributed by atoms with Gasteiger partial charge in [-0.05, 0) is 12.5 Å². The lowest BCUT2D eigenvalue weighted by Gasteiger charge is -2.25. The molecule has 0 aliphatic carbocycles. The van der Waals surface area contributed by atoms with Gasteiger partial charge in [0.05, 0.1) is 21.1 Å². The number of amides is 1. The monoisotopic (exact) mass is 400 g/mol. The van der Waals surface area contributed by atoms with Crippen LogP contribution in [0.3, 0.4) is 0 Å². The second-order valence-electron chi connectivity index (χ2n) is 5.25. The van der Waals surface area contributed by atoms with Crippen LogP contribution in [0.25, 0.3) is 0 Å². The van der Waals surface area contributed by atoms with E-state index in [1.54, 1.807) is 7.05 Å². The van der Waals surface area contributed by atoms with Crippen LogP contribution in [0.2, 0.25) is 15.1 Å². The molecule has 2 rings (SSSR count). The zero-order valence-corrected chi connectivity index (χ0v) is 15.8. The summed E-state index contributed by atoms with van der Waals surface area (Å²) in [6, 6.07) is 9.34. The van der Waals surface area contributed by atoms with Crippen molar-refractivity contribution in [3.05, 3.63) is 62.9 Å². The summed E-state index contributed by atoms with van der Waals surface area (Å²) in [5.41, 5.74) is 0.779. The Morgan fingerprint density at radius 3 is 2.44 bits per heavy atom. The lowest BCUT2D eigenvalue weighted by atomic mass is 10.1. The summed E-state index contributed by atoms with van der Waals surface area (Å²) in [6.07, 6.45) is 1.19. The third-order valence-electron chi connectivity index (χ3n) is 3.69. The molecule has 0 fully saturated rings. The van der Waals surface area contributed by atoms with Crippen LogP contribution in [0.4, 0.5) is 0 Å². The minimum Gasteiger partial charge on any atom is -0.451 e. The predicted octanol–water partition coefficient (Wildman–Crippen LogP) is 4.42. The molecule has 0 spiro atoms. The van der Waals surface area contributed by atoms with Crippen LogP contribution in [-0.4, -0.2) is 35.4 Å². The minimum absolute atomic E-state index is 0.00595. The van der Waals surface area contributed by atoms with Crippen LogP contribution in [0.1, 0.15) is 29.0 Å². The number of ether oxygens (including phenoxy) is 1. The Labute approximate surface area is 160 Å². The number of carbonyl (C=O) groups is 2. The fourth-order valence-electron chi connectivity index (χ4n) is 2.05. The molecule has 1 atom stereocenters. The predicted molar refractivity (Wildman–Crippen MR) is 97.2 cm³/mol. The van der Waals surface area contributed by atoms with Crippen LogP contribution in [0, 0.1) is 0 Å². The van der Waals surface area contributed by atoms with E-state index in [-0.39, 0.29) is 32.7 Å². The third-order valence-corrected chi connectivity index (χ3v) is 4.93. The summed E-state index contributed by atoms with van der Waals surface area (Å²) in [7, 11) is 1.64. The topological polar surface area (TPSA) is 59.5 Å². The Morgan fingerprint density at radius 2 is 1.80 bits per heavy atom. The molecule has 8 heteroatoms. The van der Waals surface area contributed by atoms with Gasteiger partial charge in [0.1, 0.15) is 0 Å². The number of pyridine rings is 1. The molecule has 1 aromatic heterocycles. The summed E-state index contributed by atoms with van der Waals surface area (Å²) in [5, 5.41) is 0.0137. The van der Waals surface area contributed by atoms with Gasteiger partial charge >= 0.3 is 5.97 Å². The number of likely N-dealkylation sites (N-methyl/N-ethyl adjacent to an activating group) is 1. The number of esters is 1. The highest BCUT2D eigenvalue weighted by Gasteiger charge is 2.22. The molecule has 132 valence electrons. The molecule has 1 unspecified atom stereocenters. The first kappa shape index (κ1) is 19.5. The van der Waals surface area contributed by atoms with Crippen molar-refractivity contribution in [3.63, 3.8) is 0 Å². The normalized spacial score (nSPS) is 11.7. The van der Waals surface area contributed by atoms with Gasteiger partial charge in [-0.1, -0.05) is 65.1 Å². The number of hydrogen-bond donors (Lipinski definition) is 0. The molecule has 0 N–H and O–H groups in total. The van der Waals surface area contributed by atoms with Gasteiger partial charge < -0.3 is 9.64 Å². The third kappa shape index (κ3) is 4.63. The first-order valence-corrected chi connectivity index (χ1v) is 8.43. The van der Waals surface area contributed by atoms with Crippen molar-refractivity contribution in [1.29, 1.82) is 0 Å². The van der Waals surface area contributed by atoms with Crippen molar-refractivity contribution < 1.29 is 14.3 Å². The highest BCUT2D eigenvalue weighted by atomic mass is 35.5. The fourth-order valence-corrected chi connectivity index (χ4v) is 2.61. The number of halogens is 3. The van der Waals surface area contributed by atoms with E-state index in [2.05, 4.69) is 4.98 Å². The number of hydrogen-bond acceptors (Lipinski definition) is 4. The Morgan fingerprint density at radius 1 is 1.16 bits per heavy atom. The molecule has 1 aromatic carbocycles. The summed E-state index contributed by atoms with van der Waals surface area (Å²) in [4.78, 5) is 29.6. The second-order valence-corrected chi connectivity index (χ2v) is 6.41. The van der Waals surface area contributed by atoms with Crippen molar-refractivity contribution in [2.24, 2.45) is 0 Å². The molecule has 0 radical (unpaired) electrons. The number of nitrogens with zero attached hydrogens (tertiary/aromatic N) is 2. The minimum atomic E-state index is -0.849. The van der Waals surface area contributed by atoms with Crippen LogP contribution in [-0.2, 0) is 9.53 Å². The quantitative estimate of drug-likeness (QED) is 0.696. The fraction of sp³-hybridized carbons (Fsp3) is 0.235. The van der Waals surface area contributed by atoms with Crippen molar-refractivity contribution in [1.82, 2.24) is 9.88 Å². The van der Waals surface area contributed by atoms with Crippen LogP contribution >= 0.6 is 34.8 Å². The Bertz CT molecular complexity index is 784. The summed E-state index contributed by atoms with van der Waals surface area (Å²) in [6.45, 7) is 1.44. The standard InChI is InChI=1S/C17H15Cl3N2O3/c1-10(11-6-4-3-5-7-11)22(2)13(23)9-25-17(24)16-15(20)14(19)12(18)8-21-16/h3-8,10H,9H2,1-2H3. The number of aromatic nitrogens is 1. The van der Waals surface area contributed by atoms with Gasteiger partial charge in [-0.15, -0.1) is 0 Å². The smallest absolute Gasteiger partial charge is 0.359 e. The van der Waals surface area contributed by atoms with Gasteiger partial charge in [0, 0.05) is 13.2 Å². The molecular weight excluding hydrogens is 387 g/mol. The van der Waals surface area contributed by atoms with Crippen LogP contribution in [0.5, 0.6) is 0 Å². The molecular formula is C17H15Cl3N2O3. The zero-order chi connectivity index (χ0) is 18.6. The van der Waals surface area contributed by atoms with E-state index in [1.165, 1.54) is 11.1 Å². The molecule has 5 nitrogen and oxygen atoms in total. The van der Waals surface area contributed by atoms with Crippen molar-refractivity contribution >= 4 is 46.7 Å². The Hall–Kier alpha value is -1.82. The van der Waals surface area contributed by atoms with E-state index in [1.807, 2.05) is 37.3 Å². The van der Waals surface area contributed by atoms with Gasteiger partial charge in [0.25, 0.3) is 5.91 Å². The average Bonchev–Trinajstić information content (AvgIpc) is 2.63. The lowest BCUT2D eigenvalue weighted by Crippen LogP contribution is -2.33. The molecule has 0 bridgehead atoms. The first-order valence-electron chi connectivity index (χ1n) is 7.30. The van der Waals surface area contributed by atoms with Gasteiger partial charge in [-0.25, -0.2) is 9.78 Å². The molecule has 25 heavy (non-hydrogen) atoms. The van der Waals surface area contributed by atoms with E-state index in [0.717, 1.165) is 5.56 Å². The molecule has 0 saturated carbocycles. The molecule has 0 saturated heterocycles. The largest absolute Gasteiger partial charge is 0.451 e. The SMILES string of the molecule is CC(c1ccccc1)N(C)C(=O)COC(=O)c1ncc(Cl)c(Cl)c1Cl. The van der Waals surface area contributed by atoms with E-state index >= 15 is 0 Å². The maximum absolute atomic E-state index is 12.2. The molecule has 0 aliphatic heterocycles. The summed E-state index contributed by atoms with van der Waals surface area (Å²) in [5.74, 6) is -1.21. The molecule has 2 aromatic rings. The first-order chi connectivity index (χ1) is 11.8. The number of carbonyl (C=O) groups excluding carboxylic acids is 2. The van der Waals surface area contributed by atoms with E-state index in [9.17, 15) is 9.59 Å².